The summed E-state index contributed by atoms with van der Waals surface area (Å²) in [6.07, 6.45) is 1.48. The Balaban J connectivity index is 1.45. The van der Waals surface area contributed by atoms with Crippen molar-refractivity contribution in [3.05, 3.63) is 88.6 Å². The monoisotopic (exact) mass is 537 g/mol. The second-order valence-electron chi connectivity index (χ2n) is 10.5. The lowest BCUT2D eigenvalue weighted by Crippen LogP contribution is -2.48. The molecule has 2 aliphatic heterocycles. The van der Waals surface area contributed by atoms with Gasteiger partial charge in [0.2, 0.25) is 5.91 Å². The van der Waals surface area contributed by atoms with Crippen LogP contribution in [-0.4, -0.2) is 79.1 Å². The molecule has 2 aliphatic rings. The number of fused-ring (bicyclic) bond motifs is 1. The minimum absolute atomic E-state index is 0.101. The number of carbonyl (C=O) groups excluding carboxylic acids is 3. The third-order valence-electron chi connectivity index (χ3n) is 7.64. The third kappa shape index (κ3) is 5.88. The number of hydrogen-bond donors (Lipinski definition) is 1. The summed E-state index contributed by atoms with van der Waals surface area (Å²) in [5.41, 5.74) is 5.87. The van der Waals surface area contributed by atoms with Gasteiger partial charge in [-0.15, -0.1) is 0 Å². The van der Waals surface area contributed by atoms with Gasteiger partial charge in [0.1, 0.15) is 12.1 Å². The molecular formula is C32H35N5O3. The molecule has 0 radical (unpaired) electrons. The topological polar surface area (TPSA) is 85.8 Å². The van der Waals surface area contributed by atoms with E-state index >= 15 is 0 Å². The van der Waals surface area contributed by atoms with Crippen LogP contribution < -0.4 is 10.2 Å². The van der Waals surface area contributed by atoms with Crippen LogP contribution in [0.2, 0.25) is 0 Å². The Morgan fingerprint density at radius 2 is 1.73 bits per heavy atom. The summed E-state index contributed by atoms with van der Waals surface area (Å²) in [5.74, 6) is 0.603. The predicted molar refractivity (Wildman–Crippen MR) is 158 cm³/mol. The van der Waals surface area contributed by atoms with Crippen molar-refractivity contribution in [1.29, 1.82) is 0 Å². The molecule has 2 aromatic carbocycles. The van der Waals surface area contributed by atoms with Gasteiger partial charge in [0.15, 0.2) is 5.78 Å². The summed E-state index contributed by atoms with van der Waals surface area (Å²) >= 11 is 0. The molecule has 1 saturated heterocycles. The minimum atomic E-state index is -0.102. The van der Waals surface area contributed by atoms with Crippen LogP contribution in [0.4, 0.5) is 11.5 Å². The first-order valence-electron chi connectivity index (χ1n) is 13.7. The number of ketones is 1. The number of amides is 1. The van der Waals surface area contributed by atoms with E-state index in [0.717, 1.165) is 60.5 Å². The summed E-state index contributed by atoms with van der Waals surface area (Å²) in [6, 6.07) is 18.8. The molecule has 8 heteroatoms. The Bertz CT molecular complexity index is 1460. The van der Waals surface area contributed by atoms with Gasteiger partial charge in [-0.05, 0) is 55.8 Å². The van der Waals surface area contributed by atoms with Crippen LogP contribution in [0.25, 0.3) is 11.3 Å². The highest BCUT2D eigenvalue weighted by molar-refractivity contribution is 6.28. The molecule has 1 fully saturated rings. The maximum atomic E-state index is 13.2. The summed E-state index contributed by atoms with van der Waals surface area (Å²) in [5, 5.41) is 3.44. The molecule has 1 amide bonds. The highest BCUT2D eigenvalue weighted by Gasteiger charge is 2.28. The van der Waals surface area contributed by atoms with Crippen molar-refractivity contribution in [1.82, 2.24) is 14.8 Å². The summed E-state index contributed by atoms with van der Waals surface area (Å²) < 4.78 is 0. The Kier molecular flexibility index (Phi) is 8.19. The summed E-state index contributed by atoms with van der Waals surface area (Å²) in [6.45, 7) is 8.21. The number of nitrogens with one attached hydrogen (secondary N) is 1. The van der Waals surface area contributed by atoms with E-state index in [2.05, 4.69) is 22.2 Å². The Hall–Kier alpha value is -4.14. The quantitative estimate of drug-likeness (QED) is 0.265. The second-order valence-corrected chi connectivity index (χ2v) is 10.5. The molecule has 0 aliphatic carbocycles. The number of benzene rings is 2. The van der Waals surface area contributed by atoms with Gasteiger partial charge in [0.05, 0.1) is 23.6 Å². The van der Waals surface area contributed by atoms with E-state index < -0.39 is 0 Å². The van der Waals surface area contributed by atoms with Crippen molar-refractivity contribution in [2.24, 2.45) is 0 Å². The van der Waals surface area contributed by atoms with Crippen LogP contribution in [0.3, 0.4) is 0 Å². The fourth-order valence-electron chi connectivity index (χ4n) is 5.43. The van der Waals surface area contributed by atoms with Crippen molar-refractivity contribution in [2.75, 3.05) is 56.5 Å². The largest absolute Gasteiger partial charge is 0.339 e. The van der Waals surface area contributed by atoms with Crippen LogP contribution in [0.1, 0.15) is 39.7 Å². The number of nitrogens with zero attached hydrogens (tertiary/aromatic N) is 4. The fourth-order valence-corrected chi connectivity index (χ4v) is 5.43. The SMILES string of the molecule is CC(=O)/C(=C(\Nc1ccc2c(n1)CCN2C(=O)CN1CCN(C)CC1)c1ccccc1)c1ccc(C=O)cc1C. The molecule has 3 aromatic rings. The van der Waals surface area contributed by atoms with Crippen molar-refractivity contribution < 1.29 is 14.4 Å². The number of pyridine rings is 1. The molecule has 1 N–H and O–H groups in total. The molecule has 0 spiro atoms. The van der Waals surface area contributed by atoms with Crippen LogP contribution in [0, 0.1) is 6.92 Å². The molecule has 0 bridgehead atoms. The Morgan fingerprint density at radius 3 is 2.40 bits per heavy atom. The van der Waals surface area contributed by atoms with Crippen LogP contribution in [0.5, 0.6) is 0 Å². The maximum Gasteiger partial charge on any atom is 0.241 e. The zero-order chi connectivity index (χ0) is 28.2. The molecule has 40 heavy (non-hydrogen) atoms. The number of carbonyl (C=O) groups is 3. The fraction of sp³-hybridized carbons (Fsp3) is 0.312. The van der Waals surface area contributed by atoms with Crippen molar-refractivity contribution in [2.45, 2.75) is 20.3 Å². The van der Waals surface area contributed by atoms with Crippen LogP contribution in [-0.2, 0) is 16.0 Å². The molecule has 0 unspecified atom stereocenters. The molecular weight excluding hydrogens is 502 g/mol. The maximum absolute atomic E-state index is 13.2. The predicted octanol–water partition coefficient (Wildman–Crippen LogP) is 3.91. The lowest BCUT2D eigenvalue weighted by Gasteiger charge is -2.32. The number of Topliss-reactive ketones (excluding diaryl/α,β-unsaturated/α-hetero) is 1. The normalized spacial score (nSPS) is 16.3. The first-order chi connectivity index (χ1) is 19.3. The van der Waals surface area contributed by atoms with Crippen molar-refractivity contribution in [3.8, 4) is 0 Å². The average molecular weight is 538 g/mol. The van der Waals surface area contributed by atoms with Gasteiger partial charge in [-0.25, -0.2) is 4.98 Å². The number of piperazine rings is 1. The van der Waals surface area contributed by atoms with Crippen molar-refractivity contribution >= 4 is 40.8 Å². The summed E-state index contributed by atoms with van der Waals surface area (Å²) in [7, 11) is 2.11. The van der Waals surface area contributed by atoms with Gasteiger partial charge in [0.25, 0.3) is 0 Å². The Morgan fingerprint density at radius 1 is 0.975 bits per heavy atom. The lowest BCUT2D eigenvalue weighted by atomic mass is 9.92. The molecule has 5 rings (SSSR count). The number of aldehydes is 1. The zero-order valence-electron chi connectivity index (χ0n) is 23.3. The second kappa shape index (κ2) is 11.9. The van der Waals surface area contributed by atoms with E-state index in [-0.39, 0.29) is 11.7 Å². The number of likely N-dealkylation sites (N-methyl/N-ethyl adjacent to an activating group) is 1. The van der Waals surface area contributed by atoms with E-state index in [1.165, 1.54) is 0 Å². The van der Waals surface area contributed by atoms with E-state index in [9.17, 15) is 14.4 Å². The lowest BCUT2D eigenvalue weighted by molar-refractivity contribution is -0.120. The molecule has 206 valence electrons. The van der Waals surface area contributed by atoms with Gasteiger partial charge in [-0.1, -0.05) is 42.5 Å². The van der Waals surface area contributed by atoms with Gasteiger partial charge >= 0.3 is 0 Å². The first-order valence-corrected chi connectivity index (χ1v) is 13.7. The van der Waals surface area contributed by atoms with Gasteiger partial charge in [-0.2, -0.15) is 0 Å². The average Bonchev–Trinajstić information content (AvgIpc) is 3.38. The van der Waals surface area contributed by atoms with Gasteiger partial charge < -0.3 is 15.1 Å². The van der Waals surface area contributed by atoms with Crippen LogP contribution in [0.15, 0.2) is 60.7 Å². The van der Waals surface area contributed by atoms with E-state index in [4.69, 9.17) is 4.98 Å². The molecule has 8 nitrogen and oxygen atoms in total. The van der Waals surface area contributed by atoms with Crippen molar-refractivity contribution in [3.63, 3.8) is 0 Å². The third-order valence-corrected chi connectivity index (χ3v) is 7.64. The molecule has 3 heterocycles. The first kappa shape index (κ1) is 27.4. The van der Waals surface area contributed by atoms with E-state index in [1.807, 2.05) is 60.4 Å². The smallest absolute Gasteiger partial charge is 0.241 e. The summed E-state index contributed by atoms with van der Waals surface area (Å²) in [4.78, 5) is 48.8. The van der Waals surface area contributed by atoms with Gasteiger partial charge in [0, 0.05) is 50.3 Å². The highest BCUT2D eigenvalue weighted by atomic mass is 16.2. The number of allylic oxidation sites excluding steroid dienone is 1. The highest BCUT2D eigenvalue weighted by Crippen LogP contribution is 2.33. The number of aryl methyl sites for hydroxylation is 1. The van der Waals surface area contributed by atoms with E-state index in [1.54, 1.807) is 19.1 Å². The number of aromatic nitrogens is 1. The van der Waals surface area contributed by atoms with Gasteiger partial charge in [-0.3, -0.25) is 19.3 Å². The number of rotatable bonds is 8. The molecule has 0 atom stereocenters. The van der Waals surface area contributed by atoms with Crippen LogP contribution >= 0.6 is 0 Å². The number of hydrogen-bond acceptors (Lipinski definition) is 7. The number of anilines is 2. The molecule has 1 aromatic heterocycles. The minimum Gasteiger partial charge on any atom is -0.339 e. The molecule has 0 saturated carbocycles. The van der Waals surface area contributed by atoms with E-state index in [0.29, 0.717) is 42.2 Å². The standard InChI is InChI=1S/C32H35N5O3/c1-22-19-24(21-38)9-10-26(22)31(23(2)39)32(25-7-5-4-6-8-25)34-29-12-11-28-27(33-29)13-14-37(28)30(40)20-36-17-15-35(3)16-18-36/h4-12,19,21H,13-18,20H2,1-3H3,(H,33,34)/b32-31+. The Labute approximate surface area is 235 Å². The zero-order valence-corrected chi connectivity index (χ0v) is 23.3.